The van der Waals surface area contributed by atoms with Crippen LogP contribution in [0.5, 0.6) is 0 Å². The van der Waals surface area contributed by atoms with Crippen molar-refractivity contribution in [3.8, 4) is 0 Å². The highest BCUT2D eigenvalue weighted by atomic mass is 31.1. The molecule has 1 aromatic rings. The first-order chi connectivity index (χ1) is 13.4. The van der Waals surface area contributed by atoms with Crippen LogP contribution in [0.2, 0.25) is 0 Å². The van der Waals surface area contributed by atoms with E-state index in [0.29, 0.717) is 39.6 Å². The van der Waals surface area contributed by atoms with Crippen molar-refractivity contribution in [2.45, 2.75) is 12.8 Å². The van der Waals surface area contributed by atoms with E-state index in [1.807, 2.05) is 0 Å². The first-order valence-electron chi connectivity index (χ1n) is 9.71. The summed E-state index contributed by atoms with van der Waals surface area (Å²) in [5.41, 5.74) is 0. The maximum atomic E-state index is 8.64. The van der Waals surface area contributed by atoms with E-state index in [1.54, 1.807) is 0 Å². The minimum Gasteiger partial charge on any atom is -0.394 e. The third kappa shape index (κ3) is 14.1. The predicted molar refractivity (Wildman–Crippen MR) is 109 cm³/mol. The number of aliphatic hydroxyl groups excluding tert-OH is 2. The molecule has 0 aliphatic carbocycles. The van der Waals surface area contributed by atoms with Gasteiger partial charge in [0.1, 0.15) is 0 Å². The third-order valence-electron chi connectivity index (χ3n) is 3.77. The van der Waals surface area contributed by atoms with Gasteiger partial charge in [-0.2, -0.15) is 0 Å². The zero-order valence-electron chi connectivity index (χ0n) is 16.3. The summed E-state index contributed by atoms with van der Waals surface area (Å²) in [6, 6.07) is 10.7. The fraction of sp³-hybridized carbons (Fsp3) is 0.700. The SMILES string of the molecule is OCCOCCOCCCP(CCCOCCOCCO)c1ccccc1. The summed E-state index contributed by atoms with van der Waals surface area (Å²) in [5.74, 6) is 0. The van der Waals surface area contributed by atoms with E-state index in [2.05, 4.69) is 30.3 Å². The Hall–Kier alpha value is -0.590. The molecule has 0 bridgehead atoms. The van der Waals surface area contributed by atoms with Gasteiger partial charge in [-0.15, -0.1) is 0 Å². The lowest BCUT2D eigenvalue weighted by molar-refractivity contribution is 0.0333. The Bertz CT molecular complexity index is 400. The number of aliphatic hydroxyl groups is 2. The van der Waals surface area contributed by atoms with E-state index < -0.39 is 0 Å². The summed E-state index contributed by atoms with van der Waals surface area (Å²) in [7, 11) is -0.205. The summed E-state index contributed by atoms with van der Waals surface area (Å²) in [6.07, 6.45) is 4.37. The van der Waals surface area contributed by atoms with Crippen LogP contribution < -0.4 is 5.30 Å². The van der Waals surface area contributed by atoms with Gasteiger partial charge >= 0.3 is 0 Å². The van der Waals surface area contributed by atoms with Crippen molar-refractivity contribution in [3.05, 3.63) is 30.3 Å². The van der Waals surface area contributed by atoms with Gasteiger partial charge < -0.3 is 29.2 Å². The molecule has 0 aromatic heterocycles. The van der Waals surface area contributed by atoms with Crippen LogP contribution in [0.25, 0.3) is 0 Å². The van der Waals surface area contributed by atoms with E-state index >= 15 is 0 Å². The van der Waals surface area contributed by atoms with Gasteiger partial charge in [0.2, 0.25) is 0 Å². The highest BCUT2D eigenvalue weighted by Gasteiger charge is 2.10. The Morgan fingerprint density at radius 2 is 1.04 bits per heavy atom. The molecule has 1 aromatic carbocycles. The Morgan fingerprint density at radius 3 is 1.48 bits per heavy atom. The van der Waals surface area contributed by atoms with Crippen molar-refractivity contribution in [2.75, 3.05) is 78.4 Å². The normalized spacial score (nSPS) is 11.4. The van der Waals surface area contributed by atoms with Gasteiger partial charge in [-0.25, -0.2) is 0 Å². The van der Waals surface area contributed by atoms with Crippen LogP contribution in [0.3, 0.4) is 0 Å². The molecule has 6 nitrogen and oxygen atoms in total. The molecular weight excluding hydrogens is 367 g/mol. The molecule has 0 atom stereocenters. The lowest BCUT2D eigenvalue weighted by Crippen LogP contribution is -2.12. The van der Waals surface area contributed by atoms with E-state index in [9.17, 15) is 0 Å². The largest absolute Gasteiger partial charge is 0.394 e. The van der Waals surface area contributed by atoms with Gasteiger partial charge in [0.05, 0.1) is 52.9 Å². The van der Waals surface area contributed by atoms with E-state index in [1.165, 1.54) is 5.30 Å². The first kappa shape index (κ1) is 24.4. The molecule has 0 amide bonds. The van der Waals surface area contributed by atoms with Gasteiger partial charge in [-0.1, -0.05) is 38.3 Å². The average molecular weight is 402 g/mol. The maximum Gasteiger partial charge on any atom is 0.0701 e. The number of rotatable bonds is 19. The molecule has 0 aliphatic heterocycles. The molecule has 0 fully saturated rings. The summed E-state index contributed by atoms with van der Waals surface area (Å²) in [4.78, 5) is 0. The summed E-state index contributed by atoms with van der Waals surface area (Å²) in [5, 5.41) is 18.7. The minimum absolute atomic E-state index is 0.0563. The fourth-order valence-corrected chi connectivity index (χ4v) is 4.85. The molecule has 7 heteroatoms. The maximum absolute atomic E-state index is 8.64. The summed E-state index contributed by atoms with van der Waals surface area (Å²) >= 11 is 0. The van der Waals surface area contributed by atoms with Crippen LogP contribution in [0.1, 0.15) is 12.8 Å². The average Bonchev–Trinajstić information content (AvgIpc) is 2.71. The van der Waals surface area contributed by atoms with Crippen LogP contribution in [0, 0.1) is 0 Å². The standard InChI is InChI=1S/C20H35O6P/c21-8-12-25-16-14-23-10-4-18-27(20-6-2-1-3-7-20)19-5-11-24-15-17-26-13-9-22/h1-3,6-7,21-22H,4-5,8-19H2. The Balaban J connectivity index is 2.17. The molecule has 0 unspecified atom stereocenters. The van der Waals surface area contributed by atoms with Crippen LogP contribution >= 0.6 is 7.92 Å². The van der Waals surface area contributed by atoms with Crippen molar-refractivity contribution in [2.24, 2.45) is 0 Å². The second-order valence-corrected chi connectivity index (χ2v) is 8.42. The number of hydrogen-bond acceptors (Lipinski definition) is 6. The van der Waals surface area contributed by atoms with Crippen LogP contribution in [0.15, 0.2) is 30.3 Å². The van der Waals surface area contributed by atoms with E-state index in [0.717, 1.165) is 38.4 Å². The molecule has 0 saturated heterocycles. The molecule has 0 spiro atoms. The lowest BCUT2D eigenvalue weighted by Gasteiger charge is -2.18. The number of hydrogen-bond donors (Lipinski definition) is 2. The highest BCUT2D eigenvalue weighted by Crippen LogP contribution is 2.35. The fourth-order valence-electron chi connectivity index (χ4n) is 2.50. The van der Waals surface area contributed by atoms with Crippen molar-refractivity contribution >= 4 is 13.2 Å². The topological polar surface area (TPSA) is 77.4 Å². The molecular formula is C20H35O6P. The molecule has 2 N–H and O–H groups in total. The van der Waals surface area contributed by atoms with Crippen molar-refractivity contribution in [1.82, 2.24) is 0 Å². The minimum atomic E-state index is -0.205. The van der Waals surface area contributed by atoms with Crippen LogP contribution in [-0.2, 0) is 18.9 Å². The Kier molecular flexibility index (Phi) is 17.0. The zero-order valence-corrected chi connectivity index (χ0v) is 17.2. The molecule has 27 heavy (non-hydrogen) atoms. The van der Waals surface area contributed by atoms with Crippen molar-refractivity contribution < 1.29 is 29.2 Å². The monoisotopic (exact) mass is 402 g/mol. The number of benzene rings is 1. The van der Waals surface area contributed by atoms with E-state index in [4.69, 9.17) is 29.2 Å². The van der Waals surface area contributed by atoms with E-state index in [-0.39, 0.29) is 21.1 Å². The molecule has 0 aliphatic rings. The predicted octanol–water partition coefficient (Wildman–Crippen LogP) is 1.63. The molecule has 1 rings (SSSR count). The molecule has 156 valence electrons. The quantitative estimate of drug-likeness (QED) is 0.271. The molecule has 0 heterocycles. The molecule has 0 radical (unpaired) electrons. The first-order valence-corrected chi connectivity index (χ1v) is 11.4. The summed E-state index contributed by atoms with van der Waals surface area (Å²) < 4.78 is 21.6. The summed E-state index contributed by atoms with van der Waals surface area (Å²) in [6.45, 7) is 4.57. The highest BCUT2D eigenvalue weighted by molar-refractivity contribution is 7.65. The van der Waals surface area contributed by atoms with Gasteiger partial charge in [-0.3, -0.25) is 0 Å². The Morgan fingerprint density at radius 1 is 0.593 bits per heavy atom. The van der Waals surface area contributed by atoms with Crippen molar-refractivity contribution in [1.29, 1.82) is 0 Å². The van der Waals surface area contributed by atoms with Gasteiger partial charge in [0.15, 0.2) is 0 Å². The van der Waals surface area contributed by atoms with Gasteiger partial charge in [0, 0.05) is 13.2 Å². The van der Waals surface area contributed by atoms with Gasteiger partial charge in [0.25, 0.3) is 0 Å². The van der Waals surface area contributed by atoms with Crippen LogP contribution in [0.4, 0.5) is 0 Å². The van der Waals surface area contributed by atoms with Gasteiger partial charge in [-0.05, 0) is 30.5 Å². The van der Waals surface area contributed by atoms with Crippen LogP contribution in [-0.4, -0.2) is 88.6 Å². The Labute approximate surface area is 164 Å². The lowest BCUT2D eigenvalue weighted by atomic mass is 10.4. The third-order valence-corrected chi connectivity index (χ3v) is 6.51. The smallest absolute Gasteiger partial charge is 0.0701 e. The zero-order chi connectivity index (χ0) is 19.4. The van der Waals surface area contributed by atoms with Crippen molar-refractivity contribution in [3.63, 3.8) is 0 Å². The second-order valence-electron chi connectivity index (χ2n) is 5.93. The molecule has 0 saturated carbocycles. The second kappa shape index (κ2) is 18.8. The number of ether oxygens (including phenoxy) is 4.